The molecule has 0 aliphatic heterocycles. The molecule has 0 spiro atoms. The number of nitrogens with one attached hydrogen (secondary N) is 2. The summed E-state index contributed by atoms with van der Waals surface area (Å²) in [5, 5.41) is 10.3. The molecule has 1 aromatic carbocycles. The number of aliphatic imine (C=N–C) groups is 1. The second-order valence-electron chi connectivity index (χ2n) is 5.37. The maximum atomic E-state index is 5.61. The Morgan fingerprint density at radius 2 is 2.12 bits per heavy atom. The van der Waals surface area contributed by atoms with Crippen molar-refractivity contribution in [3.63, 3.8) is 0 Å². The Balaban J connectivity index is 1.75. The number of methoxy groups -OCH3 is 1. The number of aromatic nitrogens is 1. The highest BCUT2D eigenvalue weighted by Gasteiger charge is 2.05. The number of guanidine groups is 1. The van der Waals surface area contributed by atoms with Crippen molar-refractivity contribution in [3.8, 4) is 11.5 Å². The average molecular weight is 346 g/mol. The Morgan fingerprint density at radius 1 is 1.24 bits per heavy atom. The van der Waals surface area contributed by atoms with Crippen LogP contribution in [0.25, 0.3) is 0 Å². The molecule has 136 valence electrons. The summed E-state index contributed by atoms with van der Waals surface area (Å²) in [7, 11) is 3.40. The first-order valence-corrected chi connectivity index (χ1v) is 8.40. The molecule has 1 aromatic heterocycles. The van der Waals surface area contributed by atoms with Crippen LogP contribution >= 0.6 is 0 Å². The van der Waals surface area contributed by atoms with E-state index in [-0.39, 0.29) is 0 Å². The molecule has 0 atom stereocenters. The molecule has 0 radical (unpaired) electrons. The van der Waals surface area contributed by atoms with Crippen LogP contribution in [0.5, 0.6) is 11.5 Å². The molecule has 0 amide bonds. The highest BCUT2D eigenvalue weighted by molar-refractivity contribution is 5.79. The topological polar surface area (TPSA) is 80.9 Å². The zero-order chi connectivity index (χ0) is 17.9. The van der Waals surface area contributed by atoms with E-state index in [0.29, 0.717) is 13.2 Å². The Labute approximate surface area is 148 Å². The quantitative estimate of drug-likeness (QED) is 0.412. The molecular weight excluding hydrogens is 320 g/mol. The van der Waals surface area contributed by atoms with E-state index in [4.69, 9.17) is 14.0 Å². The third kappa shape index (κ3) is 6.02. The van der Waals surface area contributed by atoms with Crippen LogP contribution in [0.1, 0.15) is 24.6 Å². The van der Waals surface area contributed by atoms with E-state index in [9.17, 15) is 0 Å². The lowest BCUT2D eigenvalue weighted by Gasteiger charge is -2.12. The molecule has 1 heterocycles. The number of ether oxygens (including phenoxy) is 2. The van der Waals surface area contributed by atoms with E-state index in [1.54, 1.807) is 20.4 Å². The van der Waals surface area contributed by atoms with Gasteiger partial charge in [-0.1, -0.05) is 11.2 Å². The number of benzene rings is 1. The van der Waals surface area contributed by atoms with Crippen molar-refractivity contribution in [3.05, 3.63) is 41.8 Å². The molecule has 0 aliphatic rings. The van der Waals surface area contributed by atoms with Crippen LogP contribution in [-0.2, 0) is 13.0 Å². The van der Waals surface area contributed by atoms with Gasteiger partial charge in [0, 0.05) is 19.7 Å². The Kier molecular flexibility index (Phi) is 7.62. The summed E-state index contributed by atoms with van der Waals surface area (Å²) in [4.78, 5) is 4.19. The maximum Gasteiger partial charge on any atom is 0.191 e. The van der Waals surface area contributed by atoms with Gasteiger partial charge in [0.15, 0.2) is 17.5 Å². The van der Waals surface area contributed by atoms with E-state index in [1.165, 1.54) is 5.56 Å². The fraction of sp³-hybridized carbons (Fsp3) is 0.444. The minimum atomic E-state index is 0.576. The van der Waals surface area contributed by atoms with Crippen molar-refractivity contribution in [2.75, 3.05) is 27.3 Å². The Bertz CT molecular complexity index is 656. The third-order valence-electron chi connectivity index (χ3n) is 3.61. The van der Waals surface area contributed by atoms with Gasteiger partial charge in [-0.15, -0.1) is 0 Å². The number of aryl methyl sites for hydroxylation is 1. The Morgan fingerprint density at radius 3 is 2.80 bits per heavy atom. The van der Waals surface area contributed by atoms with Crippen molar-refractivity contribution in [1.29, 1.82) is 0 Å². The summed E-state index contributed by atoms with van der Waals surface area (Å²) in [6, 6.07) is 7.88. The van der Waals surface area contributed by atoms with Gasteiger partial charge in [-0.2, -0.15) is 0 Å². The van der Waals surface area contributed by atoms with Crippen LogP contribution in [0, 0.1) is 0 Å². The van der Waals surface area contributed by atoms with E-state index in [2.05, 4.69) is 26.8 Å². The normalized spacial score (nSPS) is 11.2. The van der Waals surface area contributed by atoms with Crippen LogP contribution in [0.3, 0.4) is 0 Å². The second-order valence-corrected chi connectivity index (χ2v) is 5.37. The summed E-state index contributed by atoms with van der Waals surface area (Å²) in [6.07, 6.45) is 3.47. The maximum absolute atomic E-state index is 5.61. The van der Waals surface area contributed by atoms with E-state index in [0.717, 1.165) is 42.5 Å². The van der Waals surface area contributed by atoms with E-state index < -0.39 is 0 Å². The molecule has 7 nitrogen and oxygen atoms in total. The predicted molar refractivity (Wildman–Crippen MR) is 97.2 cm³/mol. The first-order chi connectivity index (χ1) is 12.3. The molecule has 2 rings (SSSR count). The van der Waals surface area contributed by atoms with Gasteiger partial charge in [0.1, 0.15) is 12.0 Å². The van der Waals surface area contributed by atoms with Crippen LogP contribution in [-0.4, -0.2) is 38.4 Å². The van der Waals surface area contributed by atoms with Crippen molar-refractivity contribution < 1.29 is 14.0 Å². The van der Waals surface area contributed by atoms with Gasteiger partial charge >= 0.3 is 0 Å². The molecule has 2 N–H and O–H groups in total. The summed E-state index contributed by atoms with van der Waals surface area (Å²) in [6.45, 7) is 3.98. The average Bonchev–Trinajstić information content (AvgIpc) is 3.15. The first kappa shape index (κ1) is 18.6. The van der Waals surface area contributed by atoms with Crippen molar-refractivity contribution >= 4 is 5.96 Å². The fourth-order valence-corrected chi connectivity index (χ4v) is 2.37. The highest BCUT2D eigenvalue weighted by Crippen LogP contribution is 2.28. The minimum absolute atomic E-state index is 0.576. The molecule has 2 aromatic rings. The molecule has 0 fully saturated rings. The monoisotopic (exact) mass is 346 g/mol. The number of rotatable bonds is 9. The zero-order valence-corrected chi connectivity index (χ0v) is 15.0. The van der Waals surface area contributed by atoms with Crippen LogP contribution in [0.2, 0.25) is 0 Å². The van der Waals surface area contributed by atoms with Gasteiger partial charge in [0.05, 0.1) is 20.3 Å². The van der Waals surface area contributed by atoms with Gasteiger partial charge in [0.2, 0.25) is 0 Å². The van der Waals surface area contributed by atoms with Gasteiger partial charge in [-0.25, -0.2) is 0 Å². The zero-order valence-electron chi connectivity index (χ0n) is 15.0. The molecule has 25 heavy (non-hydrogen) atoms. The minimum Gasteiger partial charge on any atom is -0.493 e. The summed E-state index contributed by atoms with van der Waals surface area (Å²) < 4.78 is 15.7. The third-order valence-corrected chi connectivity index (χ3v) is 3.61. The molecule has 0 unspecified atom stereocenters. The van der Waals surface area contributed by atoms with E-state index >= 15 is 0 Å². The summed E-state index contributed by atoms with van der Waals surface area (Å²) in [5.74, 6) is 2.30. The Hall–Kier alpha value is -2.70. The summed E-state index contributed by atoms with van der Waals surface area (Å²) >= 11 is 0. The molecule has 7 heteroatoms. The van der Waals surface area contributed by atoms with Crippen molar-refractivity contribution in [1.82, 2.24) is 15.8 Å². The number of hydrogen-bond acceptors (Lipinski definition) is 5. The van der Waals surface area contributed by atoms with Crippen molar-refractivity contribution in [2.45, 2.75) is 26.3 Å². The predicted octanol–water partition coefficient (Wildman–Crippen LogP) is 2.38. The second kappa shape index (κ2) is 10.2. The van der Waals surface area contributed by atoms with Crippen LogP contribution in [0.15, 0.2) is 40.0 Å². The lowest BCUT2D eigenvalue weighted by molar-refractivity contribution is 0.310. The number of hydrogen-bond donors (Lipinski definition) is 2. The number of nitrogens with zero attached hydrogens (tertiary/aromatic N) is 2. The molecular formula is C18H26N4O3. The lowest BCUT2D eigenvalue weighted by atomic mass is 10.1. The molecule has 0 bridgehead atoms. The first-order valence-electron chi connectivity index (χ1n) is 8.40. The van der Waals surface area contributed by atoms with Crippen molar-refractivity contribution in [2.24, 2.45) is 4.99 Å². The van der Waals surface area contributed by atoms with Gasteiger partial charge < -0.3 is 24.6 Å². The highest BCUT2D eigenvalue weighted by atomic mass is 16.5. The lowest BCUT2D eigenvalue weighted by Crippen LogP contribution is -2.37. The SMILES string of the molecule is CCOc1cc(CCCNC(=NC)NCc2ccon2)ccc1OC. The van der Waals surface area contributed by atoms with Gasteiger partial charge in [-0.05, 0) is 37.5 Å². The molecule has 0 saturated carbocycles. The smallest absolute Gasteiger partial charge is 0.191 e. The largest absolute Gasteiger partial charge is 0.493 e. The van der Waals surface area contributed by atoms with Crippen LogP contribution < -0.4 is 20.1 Å². The van der Waals surface area contributed by atoms with Gasteiger partial charge in [-0.3, -0.25) is 4.99 Å². The van der Waals surface area contributed by atoms with Gasteiger partial charge in [0.25, 0.3) is 0 Å². The molecule has 0 saturated heterocycles. The summed E-state index contributed by atoms with van der Waals surface area (Å²) in [5.41, 5.74) is 2.06. The van der Waals surface area contributed by atoms with E-state index in [1.807, 2.05) is 25.1 Å². The molecule has 0 aliphatic carbocycles. The fourth-order valence-electron chi connectivity index (χ4n) is 2.37. The van der Waals surface area contributed by atoms with Crippen LogP contribution in [0.4, 0.5) is 0 Å². The standard InChI is InChI=1S/C18H26N4O3/c1-4-24-17-12-14(7-8-16(17)23-3)6-5-10-20-18(19-2)21-13-15-9-11-25-22-15/h7-9,11-12H,4-6,10,13H2,1-3H3,(H2,19,20,21).